The van der Waals surface area contributed by atoms with Gasteiger partial charge in [-0.3, -0.25) is 4.79 Å². The second kappa shape index (κ2) is 11.5. The molecule has 2 N–H and O–H groups in total. The van der Waals surface area contributed by atoms with Crippen LogP contribution < -0.4 is 24.8 Å². The van der Waals surface area contributed by atoms with Gasteiger partial charge in [-0.15, -0.1) is 0 Å². The van der Waals surface area contributed by atoms with Gasteiger partial charge in [-0.05, 0) is 62.4 Å². The predicted octanol–water partition coefficient (Wildman–Crippen LogP) is 4.98. The zero-order valence-electron chi connectivity index (χ0n) is 17.8. The third-order valence-electron chi connectivity index (χ3n) is 4.16. The molecule has 6 heteroatoms. The highest BCUT2D eigenvalue weighted by Gasteiger charge is 2.05. The normalized spacial score (nSPS) is 10.4. The number of nitrogens with one attached hydrogen (secondary N) is 2. The van der Waals surface area contributed by atoms with E-state index in [-0.39, 0.29) is 18.6 Å². The van der Waals surface area contributed by atoms with Crippen LogP contribution in [-0.2, 0) is 4.79 Å². The van der Waals surface area contributed by atoms with E-state index in [0.29, 0.717) is 24.7 Å². The smallest absolute Gasteiger partial charge is 0.243 e. The molecule has 0 heterocycles. The molecule has 0 aliphatic rings. The zero-order chi connectivity index (χ0) is 21.9. The summed E-state index contributed by atoms with van der Waals surface area (Å²) >= 11 is 0. The number of para-hydroxylation sites is 1. The lowest BCUT2D eigenvalue weighted by molar-refractivity contribution is -0.114. The Morgan fingerprint density at radius 1 is 0.774 bits per heavy atom. The zero-order valence-corrected chi connectivity index (χ0v) is 17.8. The number of rotatable bonds is 11. The van der Waals surface area contributed by atoms with Crippen molar-refractivity contribution in [2.24, 2.45) is 0 Å². The van der Waals surface area contributed by atoms with Gasteiger partial charge in [0, 0.05) is 17.4 Å². The minimum Gasteiger partial charge on any atom is -0.491 e. The van der Waals surface area contributed by atoms with Crippen molar-refractivity contribution in [3.05, 3.63) is 78.9 Å². The number of anilines is 2. The molecule has 0 aromatic heterocycles. The first kappa shape index (κ1) is 22.0. The molecule has 0 aliphatic carbocycles. The van der Waals surface area contributed by atoms with Gasteiger partial charge in [0.25, 0.3) is 0 Å². The van der Waals surface area contributed by atoms with E-state index in [1.165, 1.54) is 0 Å². The molecule has 0 saturated carbocycles. The SMILES string of the molecule is CC(C)Oc1ccc(NCC(=O)Nc2cccc(OCCOc3ccccc3)c2)cc1. The fourth-order valence-corrected chi connectivity index (χ4v) is 2.81. The maximum atomic E-state index is 12.3. The minimum absolute atomic E-state index is 0.126. The fourth-order valence-electron chi connectivity index (χ4n) is 2.81. The maximum absolute atomic E-state index is 12.3. The van der Waals surface area contributed by atoms with Crippen LogP contribution in [0.4, 0.5) is 11.4 Å². The van der Waals surface area contributed by atoms with E-state index in [1.54, 1.807) is 6.07 Å². The van der Waals surface area contributed by atoms with Crippen molar-refractivity contribution in [1.82, 2.24) is 0 Å². The van der Waals surface area contributed by atoms with Crippen molar-refractivity contribution in [3.63, 3.8) is 0 Å². The van der Waals surface area contributed by atoms with Gasteiger partial charge < -0.3 is 24.8 Å². The second-order valence-corrected chi connectivity index (χ2v) is 7.13. The van der Waals surface area contributed by atoms with Crippen molar-refractivity contribution in [2.75, 3.05) is 30.4 Å². The molecule has 3 rings (SSSR count). The first-order chi connectivity index (χ1) is 15.1. The Balaban J connectivity index is 1.40. The van der Waals surface area contributed by atoms with Crippen LogP contribution in [0.1, 0.15) is 13.8 Å². The van der Waals surface area contributed by atoms with Gasteiger partial charge in [-0.2, -0.15) is 0 Å². The molecular weight excluding hydrogens is 392 g/mol. The lowest BCUT2D eigenvalue weighted by atomic mass is 10.3. The van der Waals surface area contributed by atoms with E-state index < -0.39 is 0 Å². The molecule has 162 valence electrons. The summed E-state index contributed by atoms with van der Waals surface area (Å²) in [6, 6.07) is 24.4. The molecule has 1 amide bonds. The summed E-state index contributed by atoms with van der Waals surface area (Å²) in [6.45, 7) is 4.96. The molecule has 6 nitrogen and oxygen atoms in total. The molecule has 0 unspecified atom stereocenters. The van der Waals surface area contributed by atoms with Crippen LogP contribution in [0, 0.1) is 0 Å². The summed E-state index contributed by atoms with van der Waals surface area (Å²) in [7, 11) is 0. The van der Waals surface area contributed by atoms with Gasteiger partial charge in [0.15, 0.2) is 0 Å². The average molecular weight is 421 g/mol. The lowest BCUT2D eigenvalue weighted by Crippen LogP contribution is -2.21. The predicted molar refractivity (Wildman–Crippen MR) is 123 cm³/mol. The number of amides is 1. The number of benzene rings is 3. The molecule has 0 atom stereocenters. The van der Waals surface area contributed by atoms with Crippen LogP contribution in [0.25, 0.3) is 0 Å². The van der Waals surface area contributed by atoms with E-state index in [4.69, 9.17) is 14.2 Å². The van der Waals surface area contributed by atoms with Crippen molar-refractivity contribution < 1.29 is 19.0 Å². The maximum Gasteiger partial charge on any atom is 0.243 e. The average Bonchev–Trinajstić information content (AvgIpc) is 2.77. The molecular formula is C25H28N2O4. The van der Waals surface area contributed by atoms with Gasteiger partial charge in [-0.25, -0.2) is 0 Å². The number of ether oxygens (including phenoxy) is 3. The van der Waals surface area contributed by atoms with Crippen molar-refractivity contribution in [1.29, 1.82) is 0 Å². The highest BCUT2D eigenvalue weighted by molar-refractivity contribution is 5.93. The van der Waals surface area contributed by atoms with Gasteiger partial charge in [0.05, 0.1) is 12.6 Å². The summed E-state index contributed by atoms with van der Waals surface area (Å²) < 4.78 is 16.9. The lowest BCUT2D eigenvalue weighted by Gasteiger charge is -2.12. The Morgan fingerprint density at radius 2 is 1.45 bits per heavy atom. The summed E-state index contributed by atoms with van der Waals surface area (Å²) in [5, 5.41) is 5.97. The number of carbonyl (C=O) groups excluding carboxylic acids is 1. The molecule has 31 heavy (non-hydrogen) atoms. The van der Waals surface area contributed by atoms with Crippen molar-refractivity contribution in [2.45, 2.75) is 20.0 Å². The Morgan fingerprint density at radius 3 is 2.16 bits per heavy atom. The highest BCUT2D eigenvalue weighted by Crippen LogP contribution is 2.19. The van der Waals surface area contributed by atoms with Crippen LogP contribution in [0.5, 0.6) is 17.2 Å². The number of carbonyl (C=O) groups is 1. The van der Waals surface area contributed by atoms with Crippen LogP contribution in [-0.4, -0.2) is 31.8 Å². The number of hydrogen-bond acceptors (Lipinski definition) is 5. The van der Waals surface area contributed by atoms with E-state index in [1.807, 2.05) is 86.6 Å². The van der Waals surface area contributed by atoms with Gasteiger partial charge in [0.1, 0.15) is 30.5 Å². The standard InChI is InChI=1S/C25H28N2O4/c1-19(2)31-23-13-11-20(12-14-23)26-18-25(28)27-21-7-6-10-24(17-21)30-16-15-29-22-8-4-3-5-9-22/h3-14,17,19,26H,15-16,18H2,1-2H3,(H,27,28). The first-order valence-electron chi connectivity index (χ1n) is 10.3. The van der Waals surface area contributed by atoms with Crippen LogP contribution >= 0.6 is 0 Å². The van der Waals surface area contributed by atoms with Crippen LogP contribution in [0.2, 0.25) is 0 Å². The summed E-state index contributed by atoms with van der Waals surface area (Å²) in [6.07, 6.45) is 0.126. The summed E-state index contributed by atoms with van der Waals surface area (Å²) in [5.74, 6) is 2.13. The largest absolute Gasteiger partial charge is 0.491 e. The quantitative estimate of drug-likeness (QED) is 0.428. The Hall–Kier alpha value is -3.67. The monoisotopic (exact) mass is 420 g/mol. The van der Waals surface area contributed by atoms with E-state index >= 15 is 0 Å². The van der Waals surface area contributed by atoms with E-state index in [0.717, 1.165) is 17.2 Å². The molecule has 0 saturated heterocycles. The Labute approximate surface area is 183 Å². The molecule has 0 radical (unpaired) electrons. The Bertz CT molecular complexity index is 943. The van der Waals surface area contributed by atoms with Gasteiger partial charge >= 0.3 is 0 Å². The number of hydrogen-bond donors (Lipinski definition) is 2. The van der Waals surface area contributed by atoms with E-state index in [2.05, 4.69) is 10.6 Å². The molecule has 0 aliphatic heterocycles. The molecule has 0 bridgehead atoms. The fraction of sp³-hybridized carbons (Fsp3) is 0.240. The van der Waals surface area contributed by atoms with Crippen LogP contribution in [0.3, 0.4) is 0 Å². The van der Waals surface area contributed by atoms with Gasteiger partial charge in [-0.1, -0.05) is 24.3 Å². The van der Waals surface area contributed by atoms with Gasteiger partial charge in [0.2, 0.25) is 5.91 Å². The molecule has 0 fully saturated rings. The molecule has 3 aromatic carbocycles. The molecule has 3 aromatic rings. The minimum atomic E-state index is -0.146. The summed E-state index contributed by atoms with van der Waals surface area (Å²) in [4.78, 5) is 12.3. The third kappa shape index (κ3) is 7.93. The Kier molecular flexibility index (Phi) is 8.17. The van der Waals surface area contributed by atoms with E-state index in [9.17, 15) is 4.79 Å². The summed E-state index contributed by atoms with van der Waals surface area (Å²) in [5.41, 5.74) is 1.52. The third-order valence-corrected chi connectivity index (χ3v) is 4.16. The first-order valence-corrected chi connectivity index (χ1v) is 10.3. The van der Waals surface area contributed by atoms with Crippen molar-refractivity contribution in [3.8, 4) is 17.2 Å². The molecule has 0 spiro atoms. The van der Waals surface area contributed by atoms with Crippen LogP contribution in [0.15, 0.2) is 78.9 Å². The second-order valence-electron chi connectivity index (χ2n) is 7.13. The van der Waals surface area contributed by atoms with Crippen molar-refractivity contribution >= 4 is 17.3 Å². The topological polar surface area (TPSA) is 68.8 Å². The highest BCUT2D eigenvalue weighted by atomic mass is 16.5.